The molecule has 3 rings (SSSR count). The van der Waals surface area contributed by atoms with Crippen molar-refractivity contribution in [2.24, 2.45) is 0 Å². The Bertz CT molecular complexity index is 848. The molecule has 1 saturated heterocycles. The molecule has 3 heterocycles. The van der Waals surface area contributed by atoms with E-state index >= 15 is 0 Å². The molecular weight excluding hydrogens is 399 g/mol. The molecule has 0 aliphatic carbocycles. The molecule has 2 N–H and O–H groups in total. The summed E-state index contributed by atoms with van der Waals surface area (Å²) in [5.74, 6) is 0.144. The molecule has 8 nitrogen and oxygen atoms in total. The van der Waals surface area contributed by atoms with Gasteiger partial charge in [-0.1, -0.05) is 23.2 Å². The molecule has 2 aromatic rings. The smallest absolute Gasteiger partial charge is 0.304 e. The number of ether oxygens (including phenoxy) is 3. The molecule has 0 amide bonds. The van der Waals surface area contributed by atoms with Gasteiger partial charge in [0.1, 0.15) is 16.1 Å². The summed E-state index contributed by atoms with van der Waals surface area (Å²) in [5, 5.41) is 19.8. The van der Waals surface area contributed by atoms with Gasteiger partial charge in [0.15, 0.2) is 5.75 Å². The monoisotopic (exact) mass is 416 g/mol. The Morgan fingerprint density at radius 2 is 1.96 bits per heavy atom. The second-order valence-corrected chi connectivity index (χ2v) is 6.77. The second kappa shape index (κ2) is 8.16. The zero-order valence-electron chi connectivity index (χ0n) is 14.4. The van der Waals surface area contributed by atoms with Crippen LogP contribution in [0.2, 0.25) is 10.0 Å². The molecule has 1 fully saturated rings. The lowest BCUT2D eigenvalue weighted by Gasteiger charge is -2.14. The molecular formula is C17H18Cl2N2O6+2. The predicted molar refractivity (Wildman–Crippen MR) is 92.1 cm³/mol. The van der Waals surface area contributed by atoms with Crippen LogP contribution in [-0.4, -0.2) is 42.6 Å². The van der Waals surface area contributed by atoms with E-state index in [1.165, 1.54) is 31.8 Å². The minimum Gasteiger partial charge on any atom is -0.488 e. The number of halogens is 2. The molecule has 0 bridgehead atoms. The van der Waals surface area contributed by atoms with Crippen molar-refractivity contribution in [1.29, 1.82) is 0 Å². The topological polar surface area (TPSA) is 93.0 Å². The third kappa shape index (κ3) is 4.35. The summed E-state index contributed by atoms with van der Waals surface area (Å²) in [7, 11) is 1.43. The summed E-state index contributed by atoms with van der Waals surface area (Å²) in [6.45, 7) is 1.04. The van der Waals surface area contributed by atoms with Crippen LogP contribution in [0.1, 0.15) is 22.5 Å². The molecule has 2 aromatic heterocycles. The molecule has 0 spiro atoms. The van der Waals surface area contributed by atoms with Gasteiger partial charge in [-0.15, -0.1) is 0 Å². The summed E-state index contributed by atoms with van der Waals surface area (Å²) in [6, 6.07) is 1.40. The standard InChI is InChI=1S/C17H18Cl2N2O6/c1-25-17-8-21(24)14(5-16(17)27-10-2-3-26-9-10)15(22)4-11-12(18)6-20(23)7-13(11)19/h5-8,10,23-24H,2-4,9H2,1H3/q+2. The molecule has 27 heavy (non-hydrogen) atoms. The minimum absolute atomic E-state index is 0.0300. The van der Waals surface area contributed by atoms with Crippen molar-refractivity contribution in [3.8, 4) is 11.5 Å². The van der Waals surface area contributed by atoms with Crippen molar-refractivity contribution in [2.45, 2.75) is 18.9 Å². The maximum Gasteiger partial charge on any atom is 0.304 e. The highest BCUT2D eigenvalue weighted by molar-refractivity contribution is 6.36. The first-order valence-electron chi connectivity index (χ1n) is 8.08. The number of Topliss-reactive ketones (excluding diaryl/α,β-unsaturated/α-hetero) is 1. The molecule has 1 aliphatic rings. The van der Waals surface area contributed by atoms with Gasteiger partial charge in [0.25, 0.3) is 6.20 Å². The minimum atomic E-state index is -0.452. The van der Waals surface area contributed by atoms with Crippen LogP contribution in [-0.2, 0) is 11.2 Å². The average Bonchev–Trinajstić information content (AvgIpc) is 3.12. The van der Waals surface area contributed by atoms with Gasteiger partial charge in [-0.3, -0.25) is 15.2 Å². The lowest BCUT2D eigenvalue weighted by molar-refractivity contribution is -0.905. The van der Waals surface area contributed by atoms with E-state index in [9.17, 15) is 15.2 Å². The van der Waals surface area contributed by atoms with Crippen molar-refractivity contribution >= 4 is 29.0 Å². The van der Waals surface area contributed by atoms with Crippen LogP contribution >= 0.6 is 23.2 Å². The van der Waals surface area contributed by atoms with Gasteiger partial charge >= 0.3 is 5.69 Å². The number of carbonyl (C=O) groups excluding carboxylic acids is 1. The Hall–Kier alpha value is -2.29. The van der Waals surface area contributed by atoms with Crippen LogP contribution in [0.5, 0.6) is 11.5 Å². The van der Waals surface area contributed by atoms with Crippen molar-refractivity contribution < 1.29 is 38.9 Å². The zero-order chi connectivity index (χ0) is 19.6. The fraction of sp³-hybridized carbons (Fsp3) is 0.353. The van der Waals surface area contributed by atoms with E-state index in [0.29, 0.717) is 34.0 Å². The molecule has 1 atom stereocenters. The Labute approximate surface area is 165 Å². The van der Waals surface area contributed by atoms with Crippen LogP contribution in [0.25, 0.3) is 0 Å². The highest BCUT2D eigenvalue weighted by Gasteiger charge is 2.29. The first-order chi connectivity index (χ1) is 12.9. The Morgan fingerprint density at radius 1 is 1.26 bits per heavy atom. The van der Waals surface area contributed by atoms with E-state index in [2.05, 4.69) is 0 Å². The van der Waals surface area contributed by atoms with Crippen molar-refractivity contribution in [3.05, 3.63) is 46.0 Å². The zero-order valence-corrected chi connectivity index (χ0v) is 15.9. The SMILES string of the molecule is COc1c[n+](O)c(C(=O)Cc2c(Cl)c[n+](O)cc2Cl)cc1OC1CCOC1. The van der Waals surface area contributed by atoms with E-state index in [4.69, 9.17) is 37.4 Å². The number of hydrogen-bond acceptors (Lipinski definition) is 6. The van der Waals surface area contributed by atoms with Gasteiger partial charge in [0.05, 0.1) is 26.4 Å². The summed E-state index contributed by atoms with van der Waals surface area (Å²) in [5.41, 5.74) is 0.300. The largest absolute Gasteiger partial charge is 0.488 e. The number of rotatable bonds is 6. The van der Waals surface area contributed by atoms with E-state index in [-0.39, 0.29) is 34.0 Å². The number of aromatic nitrogens is 2. The highest BCUT2D eigenvalue weighted by Crippen LogP contribution is 2.29. The Kier molecular flexibility index (Phi) is 5.88. The van der Waals surface area contributed by atoms with Gasteiger partial charge in [0, 0.05) is 27.9 Å². The van der Waals surface area contributed by atoms with Crippen LogP contribution in [0, 0.1) is 0 Å². The molecule has 0 radical (unpaired) electrons. The number of ketones is 1. The molecule has 0 aromatic carbocycles. The summed E-state index contributed by atoms with van der Waals surface area (Å²) in [4.78, 5) is 12.7. The molecule has 0 saturated carbocycles. The maximum absolute atomic E-state index is 12.7. The van der Waals surface area contributed by atoms with E-state index in [1.54, 1.807) is 0 Å². The Morgan fingerprint density at radius 3 is 2.56 bits per heavy atom. The molecule has 1 aliphatic heterocycles. The molecule has 1 unspecified atom stereocenters. The van der Waals surface area contributed by atoms with Crippen LogP contribution in [0.3, 0.4) is 0 Å². The van der Waals surface area contributed by atoms with Crippen LogP contribution in [0.4, 0.5) is 0 Å². The van der Waals surface area contributed by atoms with Crippen molar-refractivity contribution in [3.63, 3.8) is 0 Å². The number of hydrogen-bond donors (Lipinski definition) is 2. The number of carbonyl (C=O) groups is 1. The quantitative estimate of drug-likeness (QED) is 0.422. The van der Waals surface area contributed by atoms with Crippen LogP contribution < -0.4 is 18.9 Å². The lowest BCUT2D eigenvalue weighted by Crippen LogP contribution is -2.38. The van der Waals surface area contributed by atoms with Gasteiger partial charge in [-0.2, -0.15) is 0 Å². The first-order valence-corrected chi connectivity index (χ1v) is 8.83. The van der Waals surface area contributed by atoms with E-state index in [0.717, 1.165) is 6.42 Å². The summed E-state index contributed by atoms with van der Waals surface area (Å²) >= 11 is 12.1. The maximum atomic E-state index is 12.7. The molecule has 144 valence electrons. The number of pyridine rings is 2. The highest BCUT2D eigenvalue weighted by atomic mass is 35.5. The number of nitrogens with zero attached hydrogens (tertiary/aromatic N) is 2. The second-order valence-electron chi connectivity index (χ2n) is 5.95. The average molecular weight is 417 g/mol. The van der Waals surface area contributed by atoms with E-state index < -0.39 is 5.78 Å². The fourth-order valence-electron chi connectivity index (χ4n) is 2.70. The van der Waals surface area contributed by atoms with E-state index in [1.807, 2.05) is 0 Å². The third-order valence-corrected chi connectivity index (χ3v) is 4.74. The predicted octanol–water partition coefficient (Wildman–Crippen LogP) is 1.64. The van der Waals surface area contributed by atoms with Gasteiger partial charge in [-0.05, 0) is 0 Å². The van der Waals surface area contributed by atoms with Gasteiger partial charge in [0.2, 0.25) is 23.9 Å². The van der Waals surface area contributed by atoms with Crippen molar-refractivity contribution in [2.75, 3.05) is 20.3 Å². The fourth-order valence-corrected chi connectivity index (χ4v) is 3.29. The third-order valence-electron chi connectivity index (χ3n) is 4.09. The normalized spacial score (nSPS) is 16.3. The Balaban J connectivity index is 1.89. The summed E-state index contributed by atoms with van der Waals surface area (Å²) < 4.78 is 17.7. The van der Waals surface area contributed by atoms with Gasteiger partial charge < -0.3 is 14.2 Å². The van der Waals surface area contributed by atoms with Crippen molar-refractivity contribution in [1.82, 2.24) is 0 Å². The van der Waals surface area contributed by atoms with Crippen LogP contribution in [0.15, 0.2) is 24.7 Å². The summed E-state index contributed by atoms with van der Waals surface area (Å²) in [6.07, 6.45) is 4.05. The van der Waals surface area contributed by atoms with Gasteiger partial charge in [-0.25, -0.2) is 0 Å². The first kappa shape index (κ1) is 19.5. The lowest BCUT2D eigenvalue weighted by atomic mass is 10.1. The number of methoxy groups -OCH3 is 1. The molecule has 10 heteroatoms.